The molecule has 1 aliphatic heterocycles. The second kappa shape index (κ2) is 5.92. The number of rotatable bonds is 5. The van der Waals surface area contributed by atoms with Gasteiger partial charge in [0.15, 0.2) is 0 Å². The lowest BCUT2D eigenvalue weighted by atomic mass is 10.1. The molecule has 0 spiro atoms. The van der Waals surface area contributed by atoms with Gasteiger partial charge in [0.05, 0.1) is 5.92 Å². The van der Waals surface area contributed by atoms with Gasteiger partial charge in [-0.2, -0.15) is 0 Å². The maximum atomic E-state index is 10.8. The maximum Gasteiger partial charge on any atom is 0.307 e. The van der Waals surface area contributed by atoms with Gasteiger partial charge in [-0.1, -0.05) is 22.9 Å². The summed E-state index contributed by atoms with van der Waals surface area (Å²) in [5, 5.41) is 8.90. The van der Waals surface area contributed by atoms with Gasteiger partial charge in [0.25, 0.3) is 0 Å². The van der Waals surface area contributed by atoms with Crippen LogP contribution < -0.4 is 4.74 Å². The third-order valence-corrected chi connectivity index (χ3v) is 3.78. The monoisotopic (exact) mass is 327 g/mol. The van der Waals surface area contributed by atoms with E-state index in [1.165, 1.54) is 5.56 Å². The number of likely N-dealkylation sites (N-methyl/N-ethyl adjacent to an activating group) is 1. The van der Waals surface area contributed by atoms with Crippen molar-refractivity contribution >= 4 is 21.9 Å². The number of nitrogens with zero attached hydrogens (tertiary/aromatic N) is 1. The van der Waals surface area contributed by atoms with E-state index in [9.17, 15) is 4.79 Å². The van der Waals surface area contributed by atoms with Crippen LogP contribution in [-0.4, -0.2) is 42.2 Å². The number of benzene rings is 1. The molecule has 19 heavy (non-hydrogen) atoms. The van der Waals surface area contributed by atoms with Crippen LogP contribution in [0.2, 0.25) is 0 Å². The van der Waals surface area contributed by atoms with Gasteiger partial charge in [0, 0.05) is 24.0 Å². The van der Waals surface area contributed by atoms with E-state index in [2.05, 4.69) is 22.0 Å². The van der Waals surface area contributed by atoms with Crippen molar-refractivity contribution in [2.24, 2.45) is 5.92 Å². The van der Waals surface area contributed by atoms with Gasteiger partial charge in [-0.05, 0) is 30.8 Å². The molecule has 0 aromatic heterocycles. The molecular weight excluding hydrogens is 310 g/mol. The Hall–Kier alpha value is -1.07. The van der Waals surface area contributed by atoms with Crippen molar-refractivity contribution in [1.82, 2.24) is 4.90 Å². The van der Waals surface area contributed by atoms with Crippen LogP contribution >= 0.6 is 15.9 Å². The summed E-state index contributed by atoms with van der Waals surface area (Å²) in [7, 11) is 1.93. The largest absolute Gasteiger partial charge is 0.488 e. The highest BCUT2D eigenvalue weighted by atomic mass is 79.9. The lowest BCUT2D eigenvalue weighted by Gasteiger charge is -2.22. The summed E-state index contributed by atoms with van der Waals surface area (Å²) in [5.74, 6) is -0.179. The molecule has 1 aliphatic rings. The fourth-order valence-corrected chi connectivity index (χ4v) is 2.77. The fraction of sp³-hybridized carbons (Fsp3) is 0.500. The van der Waals surface area contributed by atoms with Crippen LogP contribution in [-0.2, 0) is 11.2 Å². The minimum atomic E-state index is -0.758. The average Bonchev–Trinajstić information content (AvgIpc) is 2.69. The first kappa shape index (κ1) is 14.3. The van der Waals surface area contributed by atoms with E-state index in [0.29, 0.717) is 6.54 Å². The Labute approximate surface area is 121 Å². The molecule has 0 aliphatic carbocycles. The summed E-state index contributed by atoms with van der Waals surface area (Å²) < 4.78 is 6.92. The van der Waals surface area contributed by atoms with Gasteiger partial charge in [-0.25, -0.2) is 0 Å². The van der Waals surface area contributed by atoms with Gasteiger partial charge >= 0.3 is 5.97 Å². The highest BCUT2D eigenvalue weighted by molar-refractivity contribution is 9.10. The number of ether oxygens (including phenoxy) is 1. The van der Waals surface area contributed by atoms with Crippen LogP contribution in [0.1, 0.15) is 12.5 Å². The summed E-state index contributed by atoms with van der Waals surface area (Å²) in [6, 6.07) is 6.02. The van der Waals surface area contributed by atoms with E-state index >= 15 is 0 Å². The van der Waals surface area contributed by atoms with Crippen molar-refractivity contribution in [3.63, 3.8) is 0 Å². The van der Waals surface area contributed by atoms with Crippen LogP contribution in [0.4, 0.5) is 0 Å². The summed E-state index contributed by atoms with van der Waals surface area (Å²) >= 11 is 3.45. The molecule has 0 fully saturated rings. The molecule has 2 rings (SSSR count). The average molecular weight is 328 g/mol. The molecule has 0 saturated carbocycles. The second-order valence-corrected chi connectivity index (χ2v) is 6.07. The topological polar surface area (TPSA) is 49.8 Å². The fourth-order valence-electron chi connectivity index (χ4n) is 2.36. The van der Waals surface area contributed by atoms with Crippen molar-refractivity contribution in [2.45, 2.75) is 19.4 Å². The first-order valence-corrected chi connectivity index (χ1v) is 7.11. The van der Waals surface area contributed by atoms with Gasteiger partial charge in [0.2, 0.25) is 0 Å². The Morgan fingerprint density at radius 1 is 1.63 bits per heavy atom. The summed E-state index contributed by atoms with van der Waals surface area (Å²) in [6.45, 7) is 3.00. The number of carboxylic acids is 1. The van der Waals surface area contributed by atoms with E-state index in [4.69, 9.17) is 9.84 Å². The summed E-state index contributed by atoms with van der Waals surface area (Å²) in [5.41, 5.74) is 1.21. The number of halogens is 1. The Morgan fingerprint density at radius 3 is 3.05 bits per heavy atom. The van der Waals surface area contributed by atoms with E-state index < -0.39 is 5.97 Å². The molecule has 104 valence electrons. The molecule has 1 aromatic rings. The van der Waals surface area contributed by atoms with E-state index in [1.54, 1.807) is 6.92 Å². The Balaban J connectivity index is 1.88. The molecule has 1 heterocycles. The number of hydrogen-bond acceptors (Lipinski definition) is 3. The Morgan fingerprint density at radius 2 is 2.37 bits per heavy atom. The lowest BCUT2D eigenvalue weighted by molar-refractivity contribution is -0.141. The molecule has 5 heteroatoms. The SMILES string of the molecule is CC(CN(C)CC1Cc2cc(Br)ccc2O1)C(=O)O. The van der Waals surface area contributed by atoms with E-state index in [0.717, 1.165) is 23.2 Å². The minimum absolute atomic E-state index is 0.107. The van der Waals surface area contributed by atoms with Crippen LogP contribution in [0.3, 0.4) is 0 Å². The molecule has 1 aromatic carbocycles. The van der Waals surface area contributed by atoms with Crippen LogP contribution in [0, 0.1) is 5.92 Å². The summed E-state index contributed by atoms with van der Waals surface area (Å²) in [4.78, 5) is 12.8. The minimum Gasteiger partial charge on any atom is -0.488 e. The zero-order valence-electron chi connectivity index (χ0n) is 11.1. The standard InChI is InChI=1S/C14H18BrNO3/c1-9(14(17)18)7-16(2)8-12-6-10-5-11(15)3-4-13(10)19-12/h3-5,9,12H,6-8H2,1-2H3,(H,17,18). The molecule has 0 amide bonds. The third kappa shape index (κ3) is 3.70. The van der Waals surface area contributed by atoms with Crippen molar-refractivity contribution in [2.75, 3.05) is 20.1 Å². The van der Waals surface area contributed by atoms with Gasteiger partial charge in [-0.3, -0.25) is 4.79 Å². The van der Waals surface area contributed by atoms with Crippen LogP contribution in [0.15, 0.2) is 22.7 Å². The zero-order chi connectivity index (χ0) is 14.0. The number of hydrogen-bond donors (Lipinski definition) is 1. The molecule has 0 bridgehead atoms. The molecule has 0 saturated heterocycles. The van der Waals surface area contributed by atoms with Gasteiger partial charge in [-0.15, -0.1) is 0 Å². The highest BCUT2D eigenvalue weighted by Crippen LogP contribution is 2.31. The third-order valence-electron chi connectivity index (χ3n) is 3.29. The van der Waals surface area contributed by atoms with Crippen molar-refractivity contribution < 1.29 is 14.6 Å². The van der Waals surface area contributed by atoms with Crippen molar-refractivity contribution in [3.05, 3.63) is 28.2 Å². The molecule has 1 N–H and O–H groups in total. The first-order valence-electron chi connectivity index (χ1n) is 6.32. The predicted octanol–water partition coefficient (Wildman–Crippen LogP) is 2.41. The van der Waals surface area contributed by atoms with Gasteiger partial charge in [0.1, 0.15) is 11.9 Å². The second-order valence-electron chi connectivity index (χ2n) is 5.16. The Bertz CT molecular complexity index is 478. The van der Waals surface area contributed by atoms with Crippen molar-refractivity contribution in [1.29, 1.82) is 0 Å². The van der Waals surface area contributed by atoms with E-state index in [1.807, 2.05) is 24.1 Å². The van der Waals surface area contributed by atoms with Crippen LogP contribution in [0.5, 0.6) is 5.75 Å². The zero-order valence-corrected chi connectivity index (χ0v) is 12.7. The lowest BCUT2D eigenvalue weighted by Crippen LogP contribution is -2.36. The normalized spacial score (nSPS) is 19.1. The molecule has 2 unspecified atom stereocenters. The molecule has 0 radical (unpaired) electrons. The smallest absolute Gasteiger partial charge is 0.307 e. The predicted molar refractivity (Wildman–Crippen MR) is 76.6 cm³/mol. The Kier molecular flexibility index (Phi) is 4.47. The number of carboxylic acid groups (broad SMARTS) is 1. The summed E-state index contributed by atoms with van der Waals surface area (Å²) in [6.07, 6.45) is 0.982. The molecule has 2 atom stereocenters. The van der Waals surface area contributed by atoms with Crippen LogP contribution in [0.25, 0.3) is 0 Å². The number of fused-ring (bicyclic) bond motifs is 1. The van der Waals surface area contributed by atoms with Gasteiger partial charge < -0.3 is 14.7 Å². The number of carbonyl (C=O) groups is 1. The maximum absolute atomic E-state index is 10.8. The highest BCUT2D eigenvalue weighted by Gasteiger charge is 2.25. The van der Waals surface area contributed by atoms with Crippen molar-refractivity contribution in [3.8, 4) is 5.75 Å². The molecular formula is C14H18BrNO3. The quantitative estimate of drug-likeness (QED) is 0.902. The number of aliphatic carboxylic acids is 1. The molecule has 4 nitrogen and oxygen atoms in total. The van der Waals surface area contributed by atoms with E-state index in [-0.39, 0.29) is 12.0 Å². The first-order chi connectivity index (χ1) is 8.95.